The summed E-state index contributed by atoms with van der Waals surface area (Å²) in [7, 11) is 0. The van der Waals surface area contributed by atoms with Crippen LogP contribution in [-0.2, 0) is 0 Å². The predicted molar refractivity (Wildman–Crippen MR) is 95.8 cm³/mol. The summed E-state index contributed by atoms with van der Waals surface area (Å²) in [5, 5.41) is 9.88. The van der Waals surface area contributed by atoms with E-state index in [-0.39, 0.29) is 5.91 Å². The Morgan fingerprint density at radius 1 is 1.28 bits per heavy atom. The zero-order valence-electron chi connectivity index (χ0n) is 13.2. The van der Waals surface area contributed by atoms with Gasteiger partial charge in [0.1, 0.15) is 10.6 Å². The molecule has 0 bridgehead atoms. The Hall–Kier alpha value is -2.93. The minimum Gasteiger partial charge on any atom is -0.351 e. The molecule has 0 aliphatic heterocycles. The molecule has 1 amide bonds. The largest absolute Gasteiger partial charge is 0.351 e. The molecule has 1 aliphatic rings. The normalized spacial score (nSPS) is 14.1. The number of carbonyl (C=O) groups is 1. The second-order valence-electron chi connectivity index (χ2n) is 6.12. The fourth-order valence-electron chi connectivity index (χ4n) is 2.79. The average Bonchev–Trinajstić information content (AvgIpc) is 3.03. The van der Waals surface area contributed by atoms with E-state index in [4.69, 9.17) is 4.52 Å². The molecule has 0 unspecified atom stereocenters. The van der Waals surface area contributed by atoms with Gasteiger partial charge in [-0.05, 0) is 36.4 Å². The molecule has 0 spiro atoms. The van der Waals surface area contributed by atoms with Crippen molar-refractivity contribution in [2.45, 2.75) is 18.8 Å². The van der Waals surface area contributed by atoms with Crippen molar-refractivity contribution in [2.75, 3.05) is 5.32 Å². The lowest BCUT2D eigenvalue weighted by Gasteiger charge is -2.02. The van der Waals surface area contributed by atoms with Crippen molar-refractivity contribution in [1.29, 1.82) is 0 Å². The summed E-state index contributed by atoms with van der Waals surface area (Å²) in [6, 6.07) is 11.5. The van der Waals surface area contributed by atoms with E-state index in [1.165, 1.54) is 11.3 Å². The number of carbonyl (C=O) groups excluding carboxylic acids is 1. The fourth-order valence-corrected chi connectivity index (χ4v) is 3.56. The third-order valence-corrected chi connectivity index (χ3v) is 5.17. The predicted octanol–water partition coefficient (Wildman–Crippen LogP) is 4.41. The molecule has 7 heteroatoms. The van der Waals surface area contributed by atoms with Gasteiger partial charge in [-0.3, -0.25) is 4.79 Å². The number of hydrogen-bond acceptors (Lipinski definition) is 5. The van der Waals surface area contributed by atoms with Gasteiger partial charge in [0.05, 0.1) is 5.69 Å². The molecule has 1 aliphatic carbocycles. The molecule has 1 fully saturated rings. The van der Waals surface area contributed by atoms with Crippen LogP contribution >= 0.6 is 11.3 Å². The minimum atomic E-state index is -0.196. The van der Waals surface area contributed by atoms with E-state index in [2.05, 4.69) is 20.4 Å². The molecule has 0 atom stereocenters. The molecule has 25 heavy (non-hydrogen) atoms. The van der Waals surface area contributed by atoms with E-state index in [1.54, 1.807) is 0 Å². The van der Waals surface area contributed by atoms with Crippen LogP contribution < -0.4 is 5.32 Å². The SMILES string of the molecule is O=C(Nc1ccsc1-c1nc(C2CC2)no1)c1cc2ccccc2[nH]1. The number of thiophene rings is 1. The number of hydrogen-bond donors (Lipinski definition) is 2. The van der Waals surface area contributed by atoms with Crippen LogP contribution in [0.4, 0.5) is 5.69 Å². The Kier molecular flexibility index (Phi) is 3.21. The van der Waals surface area contributed by atoms with Gasteiger partial charge in [-0.25, -0.2) is 0 Å². The molecule has 4 aromatic rings. The topological polar surface area (TPSA) is 83.8 Å². The molecule has 3 aromatic heterocycles. The first-order chi connectivity index (χ1) is 12.3. The smallest absolute Gasteiger partial charge is 0.272 e. The van der Waals surface area contributed by atoms with E-state index < -0.39 is 0 Å². The van der Waals surface area contributed by atoms with E-state index in [9.17, 15) is 4.79 Å². The summed E-state index contributed by atoms with van der Waals surface area (Å²) in [6.07, 6.45) is 2.24. The molecule has 1 saturated carbocycles. The molecule has 0 radical (unpaired) electrons. The van der Waals surface area contributed by atoms with Crippen LogP contribution in [0.1, 0.15) is 35.1 Å². The van der Waals surface area contributed by atoms with Crippen molar-refractivity contribution in [3.63, 3.8) is 0 Å². The maximum atomic E-state index is 12.6. The number of para-hydroxylation sites is 1. The molecule has 5 rings (SSSR count). The van der Waals surface area contributed by atoms with Gasteiger partial charge < -0.3 is 14.8 Å². The Morgan fingerprint density at radius 3 is 3.00 bits per heavy atom. The summed E-state index contributed by atoms with van der Waals surface area (Å²) in [4.78, 5) is 21.0. The van der Waals surface area contributed by atoms with Crippen molar-refractivity contribution in [3.8, 4) is 10.8 Å². The summed E-state index contributed by atoms with van der Waals surface area (Å²) >= 11 is 1.47. The first kappa shape index (κ1) is 14.4. The molecule has 0 saturated heterocycles. The third kappa shape index (κ3) is 2.62. The first-order valence-corrected chi connectivity index (χ1v) is 8.96. The van der Waals surface area contributed by atoms with Crippen molar-refractivity contribution in [2.24, 2.45) is 0 Å². The number of fused-ring (bicyclic) bond motifs is 1. The lowest BCUT2D eigenvalue weighted by Crippen LogP contribution is -2.12. The van der Waals surface area contributed by atoms with Gasteiger partial charge in [0.15, 0.2) is 5.82 Å². The van der Waals surface area contributed by atoms with Gasteiger partial charge in [0.25, 0.3) is 11.8 Å². The lowest BCUT2D eigenvalue weighted by atomic mass is 10.2. The Balaban J connectivity index is 1.42. The zero-order valence-corrected chi connectivity index (χ0v) is 14.0. The van der Waals surface area contributed by atoms with Crippen LogP contribution in [0, 0.1) is 0 Å². The van der Waals surface area contributed by atoms with Gasteiger partial charge in [-0.2, -0.15) is 4.98 Å². The third-order valence-electron chi connectivity index (χ3n) is 4.27. The van der Waals surface area contributed by atoms with Crippen LogP contribution in [0.5, 0.6) is 0 Å². The summed E-state index contributed by atoms with van der Waals surface area (Å²) in [5.74, 6) is 1.46. The number of amides is 1. The van der Waals surface area contributed by atoms with E-state index in [0.717, 1.165) is 34.4 Å². The molecule has 3 heterocycles. The fraction of sp³-hybridized carbons (Fsp3) is 0.167. The zero-order chi connectivity index (χ0) is 16.8. The highest BCUT2D eigenvalue weighted by Gasteiger charge is 2.29. The summed E-state index contributed by atoms with van der Waals surface area (Å²) in [6.45, 7) is 0. The second-order valence-corrected chi connectivity index (χ2v) is 7.04. The molecular formula is C18H14N4O2S. The highest BCUT2D eigenvalue weighted by Crippen LogP contribution is 2.40. The van der Waals surface area contributed by atoms with Gasteiger partial charge in [0.2, 0.25) is 0 Å². The van der Waals surface area contributed by atoms with Crippen LogP contribution in [-0.4, -0.2) is 21.0 Å². The highest BCUT2D eigenvalue weighted by molar-refractivity contribution is 7.14. The van der Waals surface area contributed by atoms with E-state index in [0.29, 0.717) is 23.2 Å². The first-order valence-electron chi connectivity index (χ1n) is 8.08. The maximum absolute atomic E-state index is 12.6. The molecule has 2 N–H and O–H groups in total. The number of H-pyrrole nitrogens is 1. The van der Waals surface area contributed by atoms with Crippen LogP contribution in [0.3, 0.4) is 0 Å². The highest BCUT2D eigenvalue weighted by atomic mass is 32.1. The average molecular weight is 350 g/mol. The summed E-state index contributed by atoms with van der Waals surface area (Å²) < 4.78 is 5.38. The Bertz CT molecular complexity index is 1040. The van der Waals surface area contributed by atoms with Crippen LogP contribution in [0.2, 0.25) is 0 Å². The standard InChI is InChI=1S/C18H14N4O2S/c23-17(14-9-11-3-1-2-4-12(11)19-14)20-13-7-8-25-15(13)18-21-16(22-24-18)10-5-6-10/h1-4,7-10,19H,5-6H2,(H,20,23). The molecule has 6 nitrogen and oxygen atoms in total. The van der Waals surface area contributed by atoms with Crippen molar-refractivity contribution in [1.82, 2.24) is 15.1 Å². The van der Waals surface area contributed by atoms with E-state index >= 15 is 0 Å². The Morgan fingerprint density at radius 2 is 2.16 bits per heavy atom. The number of anilines is 1. The Labute approximate surface area is 146 Å². The minimum absolute atomic E-state index is 0.196. The number of rotatable bonds is 4. The van der Waals surface area contributed by atoms with Crippen molar-refractivity contribution in [3.05, 3.63) is 53.3 Å². The van der Waals surface area contributed by atoms with Crippen LogP contribution in [0.25, 0.3) is 21.7 Å². The molecule has 124 valence electrons. The number of nitrogens with zero attached hydrogens (tertiary/aromatic N) is 2. The van der Waals surface area contributed by atoms with Gasteiger partial charge in [-0.15, -0.1) is 11.3 Å². The van der Waals surface area contributed by atoms with E-state index in [1.807, 2.05) is 41.8 Å². The van der Waals surface area contributed by atoms with Gasteiger partial charge in [-0.1, -0.05) is 23.4 Å². The molecule has 1 aromatic carbocycles. The number of benzene rings is 1. The molecular weight excluding hydrogens is 336 g/mol. The van der Waals surface area contributed by atoms with Gasteiger partial charge >= 0.3 is 0 Å². The van der Waals surface area contributed by atoms with Gasteiger partial charge in [0, 0.05) is 16.8 Å². The second kappa shape index (κ2) is 5.56. The van der Waals surface area contributed by atoms with Crippen molar-refractivity contribution < 1.29 is 9.32 Å². The lowest BCUT2D eigenvalue weighted by molar-refractivity contribution is 0.102. The number of aromatic amines is 1. The maximum Gasteiger partial charge on any atom is 0.272 e. The monoisotopic (exact) mass is 350 g/mol. The van der Waals surface area contributed by atoms with Crippen LogP contribution in [0.15, 0.2) is 46.3 Å². The summed E-state index contributed by atoms with van der Waals surface area (Å²) in [5.41, 5.74) is 2.13. The quantitative estimate of drug-likeness (QED) is 0.571. The number of aromatic nitrogens is 3. The number of nitrogens with one attached hydrogen (secondary N) is 2. The van der Waals surface area contributed by atoms with Crippen molar-refractivity contribution >= 4 is 33.8 Å².